The smallest absolute Gasteiger partial charge is 0.240 e. The van der Waals surface area contributed by atoms with Crippen molar-refractivity contribution in [3.8, 4) is 5.75 Å². The molecule has 1 aliphatic heterocycles. The monoisotopic (exact) mass is 291 g/mol. The van der Waals surface area contributed by atoms with Gasteiger partial charge in [0.05, 0.1) is 13.5 Å². The Kier molecular flexibility index (Phi) is 5.03. The third-order valence-electron chi connectivity index (χ3n) is 3.61. The molecule has 1 atom stereocenters. The van der Waals surface area contributed by atoms with Crippen LogP contribution in [0.15, 0.2) is 24.3 Å². The number of methoxy groups -OCH3 is 1. The van der Waals surface area contributed by atoms with Crippen LogP contribution in [0.4, 0.5) is 5.69 Å². The van der Waals surface area contributed by atoms with Crippen molar-refractivity contribution in [1.82, 2.24) is 4.90 Å². The van der Waals surface area contributed by atoms with E-state index in [0.29, 0.717) is 0 Å². The summed E-state index contributed by atoms with van der Waals surface area (Å²) in [5.74, 6) is 0.167. The minimum Gasteiger partial charge on any atom is -0.497 e. The number of hydrogen-bond donors (Lipinski definition) is 2. The van der Waals surface area contributed by atoms with Crippen LogP contribution in [0, 0.1) is 0 Å². The van der Waals surface area contributed by atoms with Gasteiger partial charge in [-0.15, -0.1) is 0 Å². The molecule has 21 heavy (non-hydrogen) atoms. The molecule has 2 amide bonds. The first kappa shape index (κ1) is 15.2. The Balaban J connectivity index is 1.97. The highest BCUT2D eigenvalue weighted by atomic mass is 16.5. The lowest BCUT2D eigenvalue weighted by atomic mass is 10.1. The van der Waals surface area contributed by atoms with E-state index < -0.39 is 11.9 Å². The second kappa shape index (κ2) is 6.97. The van der Waals surface area contributed by atoms with Gasteiger partial charge in [-0.3, -0.25) is 9.59 Å². The Labute approximate surface area is 124 Å². The second-order valence-corrected chi connectivity index (χ2v) is 5.12. The summed E-state index contributed by atoms with van der Waals surface area (Å²) in [7, 11) is 1.59. The Morgan fingerprint density at radius 2 is 1.90 bits per heavy atom. The normalized spacial score (nSPS) is 15.6. The summed E-state index contributed by atoms with van der Waals surface area (Å²) in [5, 5.41) is 3.01. The third-order valence-corrected chi connectivity index (χ3v) is 3.61. The molecule has 1 fully saturated rings. The summed E-state index contributed by atoms with van der Waals surface area (Å²) in [6.45, 7) is 1.54. The molecule has 1 aromatic rings. The van der Waals surface area contributed by atoms with Crippen molar-refractivity contribution in [2.45, 2.75) is 25.3 Å². The SMILES string of the molecule is COc1ccc(NC(CC(=O)N2CCCC2)C(N)=O)cc1. The maximum absolute atomic E-state index is 12.1. The van der Waals surface area contributed by atoms with Crippen molar-refractivity contribution in [2.24, 2.45) is 5.73 Å². The highest BCUT2D eigenvalue weighted by Gasteiger charge is 2.24. The Morgan fingerprint density at radius 3 is 2.43 bits per heavy atom. The van der Waals surface area contributed by atoms with Gasteiger partial charge >= 0.3 is 0 Å². The second-order valence-electron chi connectivity index (χ2n) is 5.12. The molecule has 1 aliphatic rings. The lowest BCUT2D eigenvalue weighted by Crippen LogP contribution is -2.41. The van der Waals surface area contributed by atoms with Crippen LogP contribution in [0.3, 0.4) is 0 Å². The van der Waals surface area contributed by atoms with Crippen LogP contribution in [-0.4, -0.2) is 43.0 Å². The fraction of sp³-hybridized carbons (Fsp3) is 0.467. The van der Waals surface area contributed by atoms with Crippen molar-refractivity contribution >= 4 is 17.5 Å². The number of primary amides is 1. The topological polar surface area (TPSA) is 84.7 Å². The molecule has 1 heterocycles. The molecule has 0 bridgehead atoms. The van der Waals surface area contributed by atoms with E-state index in [2.05, 4.69) is 5.32 Å². The number of hydrogen-bond acceptors (Lipinski definition) is 4. The van der Waals surface area contributed by atoms with Crippen molar-refractivity contribution in [2.75, 3.05) is 25.5 Å². The van der Waals surface area contributed by atoms with Gasteiger partial charge in [0.2, 0.25) is 11.8 Å². The zero-order valence-corrected chi connectivity index (χ0v) is 12.2. The number of likely N-dealkylation sites (tertiary alicyclic amines) is 1. The molecule has 2 rings (SSSR count). The number of amides is 2. The molecule has 114 valence electrons. The fourth-order valence-corrected chi connectivity index (χ4v) is 2.38. The largest absolute Gasteiger partial charge is 0.497 e. The summed E-state index contributed by atoms with van der Waals surface area (Å²) in [6.07, 6.45) is 2.14. The number of nitrogens with zero attached hydrogens (tertiary/aromatic N) is 1. The summed E-state index contributed by atoms with van der Waals surface area (Å²) in [5.41, 5.74) is 6.12. The van der Waals surface area contributed by atoms with Crippen molar-refractivity contribution in [1.29, 1.82) is 0 Å². The highest BCUT2D eigenvalue weighted by Crippen LogP contribution is 2.17. The van der Waals surface area contributed by atoms with Gasteiger partial charge < -0.3 is 20.7 Å². The molecular formula is C15H21N3O3. The standard InChI is InChI=1S/C15H21N3O3/c1-21-12-6-4-11(5-7-12)17-13(15(16)20)10-14(19)18-8-2-3-9-18/h4-7,13,17H,2-3,8-10H2,1H3,(H2,16,20). The first-order valence-electron chi connectivity index (χ1n) is 7.08. The minimum atomic E-state index is -0.702. The molecule has 0 aliphatic carbocycles. The molecule has 6 nitrogen and oxygen atoms in total. The van der Waals surface area contributed by atoms with Crippen LogP contribution in [0.25, 0.3) is 0 Å². The number of benzene rings is 1. The van der Waals surface area contributed by atoms with Crippen LogP contribution in [0.1, 0.15) is 19.3 Å². The van der Waals surface area contributed by atoms with E-state index in [0.717, 1.165) is 37.4 Å². The van der Waals surface area contributed by atoms with E-state index in [1.807, 2.05) is 0 Å². The van der Waals surface area contributed by atoms with E-state index in [-0.39, 0.29) is 12.3 Å². The molecular weight excluding hydrogens is 270 g/mol. The zero-order chi connectivity index (χ0) is 15.2. The number of anilines is 1. The fourth-order valence-electron chi connectivity index (χ4n) is 2.38. The van der Waals surface area contributed by atoms with Crippen LogP contribution >= 0.6 is 0 Å². The first-order chi connectivity index (χ1) is 10.1. The number of nitrogens with two attached hydrogens (primary N) is 1. The van der Waals surface area contributed by atoms with E-state index in [4.69, 9.17) is 10.5 Å². The number of nitrogens with one attached hydrogen (secondary N) is 1. The predicted octanol–water partition coefficient (Wildman–Crippen LogP) is 0.973. The predicted molar refractivity (Wildman–Crippen MR) is 80.0 cm³/mol. The molecule has 0 radical (unpaired) electrons. The van der Waals surface area contributed by atoms with Gasteiger partial charge in [0, 0.05) is 18.8 Å². The van der Waals surface area contributed by atoms with Crippen LogP contribution in [0.2, 0.25) is 0 Å². The summed E-state index contributed by atoms with van der Waals surface area (Å²) >= 11 is 0. The lowest BCUT2D eigenvalue weighted by Gasteiger charge is -2.20. The van der Waals surface area contributed by atoms with Crippen molar-refractivity contribution in [3.05, 3.63) is 24.3 Å². The summed E-state index contributed by atoms with van der Waals surface area (Å²) in [6, 6.07) is 6.43. The third kappa shape index (κ3) is 4.11. The Morgan fingerprint density at radius 1 is 1.29 bits per heavy atom. The van der Waals surface area contributed by atoms with E-state index >= 15 is 0 Å². The summed E-state index contributed by atoms with van der Waals surface area (Å²) < 4.78 is 5.07. The molecule has 3 N–H and O–H groups in total. The number of rotatable bonds is 6. The zero-order valence-electron chi connectivity index (χ0n) is 12.2. The highest BCUT2D eigenvalue weighted by molar-refractivity contribution is 5.89. The average Bonchev–Trinajstić information content (AvgIpc) is 3.01. The van der Waals surface area contributed by atoms with Crippen LogP contribution < -0.4 is 15.8 Å². The van der Waals surface area contributed by atoms with E-state index in [1.54, 1.807) is 36.3 Å². The van der Waals surface area contributed by atoms with Crippen LogP contribution in [-0.2, 0) is 9.59 Å². The molecule has 6 heteroatoms. The van der Waals surface area contributed by atoms with Gasteiger partial charge in [0.15, 0.2) is 0 Å². The molecule has 1 unspecified atom stereocenters. The Hall–Kier alpha value is -2.24. The minimum absolute atomic E-state index is 0.0303. The van der Waals surface area contributed by atoms with Gasteiger partial charge in [-0.1, -0.05) is 0 Å². The number of ether oxygens (including phenoxy) is 1. The number of carbonyl (C=O) groups is 2. The summed E-state index contributed by atoms with van der Waals surface area (Å²) in [4.78, 5) is 25.4. The Bertz CT molecular complexity index is 495. The van der Waals surface area contributed by atoms with Gasteiger partial charge in [-0.25, -0.2) is 0 Å². The van der Waals surface area contributed by atoms with Gasteiger partial charge in [0.25, 0.3) is 0 Å². The number of carbonyl (C=O) groups excluding carboxylic acids is 2. The van der Waals surface area contributed by atoms with E-state index in [1.165, 1.54) is 0 Å². The van der Waals surface area contributed by atoms with Gasteiger partial charge in [-0.2, -0.15) is 0 Å². The maximum atomic E-state index is 12.1. The van der Waals surface area contributed by atoms with Crippen molar-refractivity contribution in [3.63, 3.8) is 0 Å². The maximum Gasteiger partial charge on any atom is 0.240 e. The first-order valence-corrected chi connectivity index (χ1v) is 7.08. The molecule has 0 saturated carbocycles. The van der Waals surface area contributed by atoms with Gasteiger partial charge in [-0.05, 0) is 37.1 Å². The van der Waals surface area contributed by atoms with Crippen LogP contribution in [0.5, 0.6) is 5.75 Å². The molecule has 0 aromatic heterocycles. The average molecular weight is 291 g/mol. The van der Waals surface area contributed by atoms with E-state index in [9.17, 15) is 9.59 Å². The molecule has 0 spiro atoms. The molecule has 1 saturated heterocycles. The van der Waals surface area contributed by atoms with Crippen molar-refractivity contribution < 1.29 is 14.3 Å². The molecule has 1 aromatic carbocycles. The van der Waals surface area contributed by atoms with Gasteiger partial charge in [0.1, 0.15) is 11.8 Å². The quantitative estimate of drug-likeness (QED) is 0.818. The lowest BCUT2D eigenvalue weighted by molar-refractivity contribution is -0.132.